The van der Waals surface area contributed by atoms with Gasteiger partial charge in [0.15, 0.2) is 0 Å². The normalized spacial score (nSPS) is 10.9. The molecule has 1 heterocycles. The molecule has 3 aromatic rings. The number of H-pyrrole nitrogens is 1. The fraction of sp³-hybridized carbons (Fsp3) is 0.125. The minimum Gasteiger partial charge on any atom is -0.379 e. The number of hydrogen-bond acceptors (Lipinski definition) is 1. The van der Waals surface area contributed by atoms with Crippen LogP contribution in [0.15, 0.2) is 42.5 Å². The predicted molar refractivity (Wildman–Crippen MR) is 81.8 cm³/mol. The fourth-order valence-corrected chi connectivity index (χ4v) is 2.55. The number of halogens is 2. The summed E-state index contributed by atoms with van der Waals surface area (Å²) in [6.45, 7) is 2.28. The number of nitrogens with one attached hydrogen (secondary N) is 2. The maximum absolute atomic E-state index is 13.5. The molecule has 2 aromatic carbocycles. The number of rotatable bonds is 3. The van der Waals surface area contributed by atoms with E-state index in [1.165, 1.54) is 6.07 Å². The molecule has 20 heavy (non-hydrogen) atoms. The Balaban J connectivity index is 1.87. The Morgan fingerprint density at radius 2 is 1.95 bits per heavy atom. The Bertz CT molecular complexity index is 764. The highest BCUT2D eigenvalue weighted by Gasteiger charge is 2.09. The van der Waals surface area contributed by atoms with Crippen LogP contribution in [0.4, 0.5) is 10.1 Å². The predicted octanol–water partition coefficient (Wildman–Crippen LogP) is 4.88. The number of hydrogen-bond donors (Lipinski definition) is 2. The topological polar surface area (TPSA) is 27.8 Å². The molecule has 2 nitrogen and oxygen atoms in total. The zero-order valence-electron chi connectivity index (χ0n) is 11.0. The smallest absolute Gasteiger partial charge is 0.128 e. The maximum Gasteiger partial charge on any atom is 0.128 e. The van der Waals surface area contributed by atoms with Crippen LogP contribution in [-0.4, -0.2) is 4.98 Å². The lowest BCUT2D eigenvalue weighted by Crippen LogP contribution is -2.02. The lowest BCUT2D eigenvalue weighted by Gasteiger charge is -2.09. The molecule has 0 spiro atoms. The van der Waals surface area contributed by atoms with Gasteiger partial charge in [0.25, 0.3) is 0 Å². The summed E-state index contributed by atoms with van der Waals surface area (Å²) >= 11 is 6.35. The van der Waals surface area contributed by atoms with Crippen LogP contribution in [-0.2, 0) is 6.54 Å². The number of aromatic amines is 1. The summed E-state index contributed by atoms with van der Waals surface area (Å²) in [5.74, 6) is -0.210. The van der Waals surface area contributed by atoms with Gasteiger partial charge in [0, 0.05) is 22.2 Å². The van der Waals surface area contributed by atoms with Crippen molar-refractivity contribution >= 4 is 28.2 Å². The molecule has 0 aliphatic carbocycles. The molecule has 0 saturated heterocycles. The van der Waals surface area contributed by atoms with Crippen LogP contribution in [0.25, 0.3) is 10.9 Å². The molecule has 1 aromatic heterocycles. The van der Waals surface area contributed by atoms with Crippen molar-refractivity contribution in [1.82, 2.24) is 4.98 Å². The third-order valence-corrected chi connectivity index (χ3v) is 3.87. The molecule has 0 aliphatic heterocycles. The minimum atomic E-state index is -0.210. The molecule has 0 amide bonds. The SMILES string of the molecule is Cc1c(F)cccc1NCc1[nH]c2ccccc2c1Cl. The monoisotopic (exact) mass is 288 g/mol. The standard InChI is InChI=1S/C16H14ClFN2/c1-10-12(18)6-4-8-13(10)19-9-15-16(17)11-5-2-3-7-14(11)20-15/h2-8,19-20H,9H2,1H3. The third-order valence-electron chi connectivity index (χ3n) is 3.44. The maximum atomic E-state index is 13.5. The van der Waals surface area contributed by atoms with E-state index in [1.54, 1.807) is 13.0 Å². The Morgan fingerprint density at radius 1 is 1.15 bits per heavy atom. The Hall–Kier alpha value is -2.00. The minimum absolute atomic E-state index is 0.210. The van der Waals surface area contributed by atoms with Gasteiger partial charge in [-0.3, -0.25) is 0 Å². The van der Waals surface area contributed by atoms with Gasteiger partial charge < -0.3 is 10.3 Å². The molecule has 0 radical (unpaired) electrons. The molecule has 0 aliphatic rings. The Morgan fingerprint density at radius 3 is 2.75 bits per heavy atom. The van der Waals surface area contributed by atoms with Gasteiger partial charge in [0.05, 0.1) is 17.3 Å². The second kappa shape index (κ2) is 5.17. The number of para-hydroxylation sites is 1. The highest BCUT2D eigenvalue weighted by molar-refractivity contribution is 6.36. The first-order valence-corrected chi connectivity index (χ1v) is 6.78. The molecule has 3 rings (SSSR count). The average molecular weight is 289 g/mol. The highest BCUT2D eigenvalue weighted by Crippen LogP contribution is 2.28. The van der Waals surface area contributed by atoms with Crippen molar-refractivity contribution in [2.45, 2.75) is 13.5 Å². The van der Waals surface area contributed by atoms with Crippen LogP contribution in [0, 0.1) is 12.7 Å². The first-order valence-electron chi connectivity index (χ1n) is 6.41. The summed E-state index contributed by atoms with van der Waals surface area (Å²) in [4.78, 5) is 3.28. The quantitative estimate of drug-likeness (QED) is 0.706. The largest absolute Gasteiger partial charge is 0.379 e. The van der Waals surface area contributed by atoms with Gasteiger partial charge in [-0.2, -0.15) is 0 Å². The second-order valence-corrected chi connectivity index (χ2v) is 5.11. The van der Waals surface area contributed by atoms with Crippen LogP contribution < -0.4 is 5.32 Å². The van der Waals surface area contributed by atoms with Crippen molar-refractivity contribution in [3.8, 4) is 0 Å². The summed E-state index contributed by atoms with van der Waals surface area (Å²) < 4.78 is 13.5. The van der Waals surface area contributed by atoms with Crippen LogP contribution in [0.2, 0.25) is 5.02 Å². The summed E-state index contributed by atoms with van der Waals surface area (Å²) in [6, 6.07) is 12.9. The zero-order chi connectivity index (χ0) is 14.1. The Labute approximate surface area is 121 Å². The first kappa shape index (κ1) is 13.0. The van der Waals surface area contributed by atoms with Gasteiger partial charge in [-0.05, 0) is 25.1 Å². The summed E-state index contributed by atoms with van der Waals surface area (Å²) in [5.41, 5.74) is 3.29. The van der Waals surface area contributed by atoms with E-state index in [9.17, 15) is 4.39 Å². The van der Waals surface area contributed by atoms with E-state index in [1.807, 2.05) is 30.3 Å². The first-order chi connectivity index (χ1) is 9.66. The summed E-state index contributed by atoms with van der Waals surface area (Å²) in [5, 5.41) is 4.93. The summed E-state index contributed by atoms with van der Waals surface area (Å²) in [7, 11) is 0. The fourth-order valence-electron chi connectivity index (χ4n) is 2.27. The molecular weight excluding hydrogens is 275 g/mol. The van der Waals surface area contributed by atoms with Crippen LogP contribution in [0.5, 0.6) is 0 Å². The average Bonchev–Trinajstić information content (AvgIpc) is 2.78. The highest BCUT2D eigenvalue weighted by atomic mass is 35.5. The van der Waals surface area contributed by atoms with Gasteiger partial charge in [0.2, 0.25) is 0 Å². The number of fused-ring (bicyclic) bond motifs is 1. The van der Waals surface area contributed by atoms with Crippen molar-refractivity contribution in [3.63, 3.8) is 0 Å². The van der Waals surface area contributed by atoms with Gasteiger partial charge in [-0.15, -0.1) is 0 Å². The molecule has 0 unspecified atom stereocenters. The molecule has 4 heteroatoms. The Kier molecular flexibility index (Phi) is 3.36. The lowest BCUT2D eigenvalue weighted by atomic mass is 10.2. The molecule has 0 atom stereocenters. The van der Waals surface area contributed by atoms with Crippen LogP contribution >= 0.6 is 11.6 Å². The lowest BCUT2D eigenvalue weighted by molar-refractivity contribution is 0.619. The molecule has 0 bridgehead atoms. The molecular formula is C16H14ClFN2. The van der Waals surface area contributed by atoms with Gasteiger partial charge >= 0.3 is 0 Å². The van der Waals surface area contributed by atoms with E-state index in [2.05, 4.69) is 10.3 Å². The molecule has 102 valence electrons. The van der Waals surface area contributed by atoms with Gasteiger partial charge in [-0.1, -0.05) is 35.9 Å². The number of benzene rings is 2. The number of anilines is 1. The van der Waals surface area contributed by atoms with E-state index in [-0.39, 0.29) is 5.82 Å². The molecule has 2 N–H and O–H groups in total. The van der Waals surface area contributed by atoms with Crippen LogP contribution in [0.3, 0.4) is 0 Å². The third kappa shape index (κ3) is 2.25. The van der Waals surface area contributed by atoms with Crippen molar-refractivity contribution in [2.24, 2.45) is 0 Å². The van der Waals surface area contributed by atoms with Crippen LogP contribution in [0.1, 0.15) is 11.3 Å². The molecule has 0 saturated carbocycles. The van der Waals surface area contributed by atoms with E-state index in [0.29, 0.717) is 17.1 Å². The van der Waals surface area contributed by atoms with E-state index in [4.69, 9.17) is 11.6 Å². The number of aromatic nitrogens is 1. The zero-order valence-corrected chi connectivity index (χ0v) is 11.8. The van der Waals surface area contributed by atoms with Gasteiger partial charge in [0.1, 0.15) is 5.82 Å². The molecule has 0 fully saturated rings. The van der Waals surface area contributed by atoms with Crippen molar-refractivity contribution < 1.29 is 4.39 Å². The van der Waals surface area contributed by atoms with Crippen molar-refractivity contribution in [3.05, 3.63) is 64.6 Å². The van der Waals surface area contributed by atoms with E-state index < -0.39 is 0 Å². The van der Waals surface area contributed by atoms with Gasteiger partial charge in [-0.25, -0.2) is 4.39 Å². The van der Waals surface area contributed by atoms with E-state index >= 15 is 0 Å². The van der Waals surface area contributed by atoms with Crippen molar-refractivity contribution in [2.75, 3.05) is 5.32 Å². The van der Waals surface area contributed by atoms with E-state index in [0.717, 1.165) is 22.3 Å². The second-order valence-electron chi connectivity index (χ2n) is 4.73. The van der Waals surface area contributed by atoms with Crippen molar-refractivity contribution in [1.29, 1.82) is 0 Å². The summed E-state index contributed by atoms with van der Waals surface area (Å²) in [6.07, 6.45) is 0.